The van der Waals surface area contributed by atoms with Crippen LogP contribution >= 0.6 is 0 Å². The number of hydrogen-bond acceptors (Lipinski definition) is 7. The molecule has 28 heavy (non-hydrogen) atoms. The first-order valence-corrected chi connectivity index (χ1v) is 9.24. The summed E-state index contributed by atoms with van der Waals surface area (Å²) >= 11 is 0. The smallest absolute Gasteiger partial charge is 0.325 e. The molecule has 0 aromatic heterocycles. The molecule has 2 rings (SSSR count). The van der Waals surface area contributed by atoms with Gasteiger partial charge in [0.25, 0.3) is 5.91 Å². The second-order valence-corrected chi connectivity index (χ2v) is 7.14. The Morgan fingerprint density at radius 1 is 1.14 bits per heavy atom. The number of epoxide rings is 1. The molecule has 1 amide bonds. The summed E-state index contributed by atoms with van der Waals surface area (Å²) in [6.07, 6.45) is 0.544. The van der Waals surface area contributed by atoms with Crippen LogP contribution in [0.5, 0.6) is 0 Å². The van der Waals surface area contributed by atoms with Crippen molar-refractivity contribution in [2.45, 2.75) is 44.6 Å². The maximum absolute atomic E-state index is 12.8. The van der Waals surface area contributed by atoms with Crippen molar-refractivity contribution in [2.24, 2.45) is 5.92 Å². The van der Waals surface area contributed by atoms with Crippen LogP contribution in [0.15, 0.2) is 30.3 Å². The second kappa shape index (κ2) is 9.66. The first-order valence-electron chi connectivity index (χ1n) is 9.24. The highest BCUT2D eigenvalue weighted by Crippen LogP contribution is 2.39. The van der Waals surface area contributed by atoms with E-state index in [0.29, 0.717) is 12.8 Å². The standard InChI is InChI=1S/C20H28N2O6/c1-13(2)10-16-20(28-16,19(25)21-12-17(23)26-3)22-15(18(24)27-4)11-14-8-6-5-7-9-14/h5-9,13,15-16,22H,10-12H2,1-4H3,(H,21,25)/t15-,16?,20?/m0/s1. The largest absolute Gasteiger partial charge is 0.468 e. The van der Waals surface area contributed by atoms with Gasteiger partial charge in [0.1, 0.15) is 18.7 Å². The van der Waals surface area contributed by atoms with Gasteiger partial charge in [-0.3, -0.25) is 19.7 Å². The minimum Gasteiger partial charge on any atom is -0.468 e. The zero-order chi connectivity index (χ0) is 20.7. The van der Waals surface area contributed by atoms with Gasteiger partial charge in [0.05, 0.1) is 14.2 Å². The van der Waals surface area contributed by atoms with Crippen LogP contribution in [0.3, 0.4) is 0 Å². The Morgan fingerprint density at radius 2 is 1.82 bits per heavy atom. The molecule has 0 spiro atoms. The van der Waals surface area contributed by atoms with Gasteiger partial charge in [-0.25, -0.2) is 0 Å². The highest BCUT2D eigenvalue weighted by molar-refractivity contribution is 5.91. The number of benzene rings is 1. The summed E-state index contributed by atoms with van der Waals surface area (Å²) in [5.41, 5.74) is -0.470. The van der Waals surface area contributed by atoms with Gasteiger partial charge in [-0.2, -0.15) is 0 Å². The van der Waals surface area contributed by atoms with Gasteiger partial charge >= 0.3 is 11.9 Å². The summed E-state index contributed by atoms with van der Waals surface area (Å²) in [5, 5.41) is 5.55. The SMILES string of the molecule is COC(=O)CNC(=O)C1(N[C@@H](Cc2ccccc2)C(=O)OC)OC1CC(C)C. The molecule has 0 radical (unpaired) electrons. The molecular weight excluding hydrogens is 364 g/mol. The van der Waals surface area contributed by atoms with Crippen molar-refractivity contribution in [1.82, 2.24) is 10.6 Å². The molecule has 0 bridgehead atoms. The van der Waals surface area contributed by atoms with E-state index in [1.54, 1.807) is 0 Å². The van der Waals surface area contributed by atoms with Crippen LogP contribution in [0.25, 0.3) is 0 Å². The van der Waals surface area contributed by atoms with Gasteiger partial charge in [0.15, 0.2) is 0 Å². The number of ether oxygens (including phenoxy) is 3. The molecule has 154 valence electrons. The molecule has 1 aromatic carbocycles. The van der Waals surface area contributed by atoms with Crippen LogP contribution in [0.1, 0.15) is 25.8 Å². The van der Waals surface area contributed by atoms with Crippen LogP contribution in [-0.2, 0) is 35.0 Å². The van der Waals surface area contributed by atoms with E-state index < -0.39 is 35.7 Å². The lowest BCUT2D eigenvalue weighted by Gasteiger charge is -2.22. The van der Waals surface area contributed by atoms with Gasteiger partial charge in [-0.05, 0) is 24.3 Å². The van der Waals surface area contributed by atoms with E-state index in [-0.39, 0.29) is 12.5 Å². The van der Waals surface area contributed by atoms with E-state index in [2.05, 4.69) is 15.4 Å². The maximum Gasteiger partial charge on any atom is 0.325 e. The number of esters is 2. The van der Waals surface area contributed by atoms with E-state index in [9.17, 15) is 14.4 Å². The lowest BCUT2D eigenvalue weighted by Crippen LogP contribution is -2.56. The van der Waals surface area contributed by atoms with E-state index in [0.717, 1.165) is 5.56 Å². The van der Waals surface area contributed by atoms with Crippen LogP contribution in [0.4, 0.5) is 0 Å². The number of amides is 1. The van der Waals surface area contributed by atoms with Crippen molar-refractivity contribution in [3.63, 3.8) is 0 Å². The molecule has 3 atom stereocenters. The average Bonchev–Trinajstić information content (AvgIpc) is 3.37. The predicted molar refractivity (Wildman–Crippen MR) is 101 cm³/mol. The Kier molecular flexibility index (Phi) is 7.53. The van der Waals surface area contributed by atoms with Gasteiger partial charge in [0, 0.05) is 0 Å². The summed E-state index contributed by atoms with van der Waals surface area (Å²) in [5.74, 6) is -1.29. The van der Waals surface area contributed by atoms with Gasteiger partial charge in [-0.15, -0.1) is 0 Å². The molecule has 1 aromatic rings. The fourth-order valence-electron chi connectivity index (χ4n) is 3.02. The molecule has 0 aliphatic carbocycles. The first kappa shape index (κ1) is 21.8. The Balaban J connectivity index is 2.17. The van der Waals surface area contributed by atoms with Crippen molar-refractivity contribution in [2.75, 3.05) is 20.8 Å². The molecule has 2 unspecified atom stereocenters. The highest BCUT2D eigenvalue weighted by Gasteiger charge is 2.63. The Labute approximate surface area is 164 Å². The molecule has 0 saturated carbocycles. The van der Waals surface area contributed by atoms with Crippen molar-refractivity contribution in [1.29, 1.82) is 0 Å². The molecule has 1 aliphatic heterocycles. The van der Waals surface area contributed by atoms with Crippen molar-refractivity contribution >= 4 is 17.8 Å². The molecule has 1 aliphatic rings. The Hall–Kier alpha value is -2.45. The lowest BCUT2D eigenvalue weighted by atomic mass is 10.00. The van der Waals surface area contributed by atoms with E-state index >= 15 is 0 Å². The van der Waals surface area contributed by atoms with E-state index in [1.807, 2.05) is 44.2 Å². The summed E-state index contributed by atoms with van der Waals surface area (Å²) in [4.78, 5) is 36.5. The number of carbonyl (C=O) groups is 3. The summed E-state index contributed by atoms with van der Waals surface area (Å²) < 4.78 is 15.2. The average molecular weight is 392 g/mol. The third-order valence-corrected chi connectivity index (χ3v) is 4.53. The number of nitrogens with one attached hydrogen (secondary N) is 2. The number of rotatable bonds is 10. The van der Waals surface area contributed by atoms with Gasteiger partial charge in [0.2, 0.25) is 5.72 Å². The Morgan fingerprint density at radius 3 is 2.39 bits per heavy atom. The van der Waals surface area contributed by atoms with Crippen LogP contribution in [0.2, 0.25) is 0 Å². The Bertz CT molecular complexity index is 693. The van der Waals surface area contributed by atoms with Crippen LogP contribution in [0, 0.1) is 5.92 Å². The monoisotopic (exact) mass is 392 g/mol. The summed E-state index contributed by atoms with van der Waals surface area (Å²) in [6, 6.07) is 8.62. The molecule has 8 nitrogen and oxygen atoms in total. The molecule has 2 N–H and O–H groups in total. The highest BCUT2D eigenvalue weighted by atomic mass is 16.6. The molecule has 1 fully saturated rings. The summed E-state index contributed by atoms with van der Waals surface area (Å²) in [6.45, 7) is 3.75. The van der Waals surface area contributed by atoms with E-state index in [1.165, 1.54) is 14.2 Å². The van der Waals surface area contributed by atoms with Crippen molar-refractivity contribution in [3.8, 4) is 0 Å². The van der Waals surface area contributed by atoms with E-state index in [4.69, 9.17) is 9.47 Å². The van der Waals surface area contributed by atoms with Crippen LogP contribution in [-0.4, -0.2) is 56.5 Å². The third-order valence-electron chi connectivity index (χ3n) is 4.53. The maximum atomic E-state index is 12.8. The minimum atomic E-state index is -1.38. The molecule has 1 heterocycles. The molecule has 1 saturated heterocycles. The third kappa shape index (κ3) is 5.53. The van der Waals surface area contributed by atoms with Crippen molar-refractivity contribution in [3.05, 3.63) is 35.9 Å². The van der Waals surface area contributed by atoms with Gasteiger partial charge in [-0.1, -0.05) is 44.2 Å². The zero-order valence-corrected chi connectivity index (χ0v) is 16.7. The topological polar surface area (TPSA) is 106 Å². The predicted octanol–water partition coefficient (Wildman–Crippen LogP) is 0.791. The molecular formula is C20H28N2O6. The van der Waals surface area contributed by atoms with Gasteiger partial charge < -0.3 is 19.5 Å². The minimum absolute atomic E-state index is 0.280. The number of hydrogen-bond donors (Lipinski definition) is 2. The number of methoxy groups -OCH3 is 2. The second-order valence-electron chi connectivity index (χ2n) is 7.14. The number of carbonyl (C=O) groups excluding carboxylic acids is 3. The van der Waals surface area contributed by atoms with Crippen molar-refractivity contribution < 1.29 is 28.6 Å². The fourth-order valence-corrected chi connectivity index (χ4v) is 3.02. The molecule has 8 heteroatoms. The van der Waals surface area contributed by atoms with Crippen LogP contribution < -0.4 is 10.6 Å². The fraction of sp³-hybridized carbons (Fsp3) is 0.550. The first-order chi connectivity index (χ1) is 13.3. The quantitative estimate of drug-likeness (QED) is 0.448. The normalized spacial score (nSPS) is 21.7. The lowest BCUT2D eigenvalue weighted by molar-refractivity contribution is -0.145. The summed E-state index contributed by atoms with van der Waals surface area (Å²) in [7, 11) is 2.54. The zero-order valence-electron chi connectivity index (χ0n) is 16.7.